The van der Waals surface area contributed by atoms with Crippen molar-refractivity contribution >= 4 is 17.7 Å². The van der Waals surface area contributed by atoms with E-state index in [4.69, 9.17) is 0 Å². The van der Waals surface area contributed by atoms with Crippen LogP contribution < -0.4 is 5.32 Å². The van der Waals surface area contributed by atoms with Crippen LogP contribution in [0.15, 0.2) is 89.8 Å². The molecule has 0 aliphatic carbocycles. The molecule has 130 valence electrons. The molecule has 0 saturated carbocycles. The third-order valence-electron chi connectivity index (χ3n) is 4.80. The monoisotopic (exact) mass is 359 g/mol. The minimum Gasteiger partial charge on any atom is -0.348 e. The minimum absolute atomic E-state index is 0.0640. The lowest BCUT2D eigenvalue weighted by molar-refractivity contribution is -0.122. The van der Waals surface area contributed by atoms with E-state index in [1.807, 2.05) is 72.4 Å². The molecule has 1 aliphatic rings. The topological polar surface area (TPSA) is 29.1 Å². The molecule has 0 fully saturated rings. The maximum absolute atomic E-state index is 13.3. The minimum atomic E-state index is -0.292. The molecule has 3 aromatic carbocycles. The standard InChI is InChI=1S/C23H21NOS/c25-23(24-20-15-16-26-21-14-8-7-13-19(20)21)22(17-9-3-1-4-10-17)18-11-5-2-6-12-18/h1-14,20,22H,15-16H2,(H,24,25). The average Bonchev–Trinajstić information content (AvgIpc) is 2.70. The molecule has 4 rings (SSSR count). The fourth-order valence-corrected chi connectivity index (χ4v) is 4.66. The SMILES string of the molecule is O=C(NC1CCSc2ccccc21)C(c1ccccc1)c1ccccc1. The number of fused-ring (bicyclic) bond motifs is 1. The molecule has 2 nitrogen and oxygen atoms in total. The summed E-state index contributed by atoms with van der Waals surface area (Å²) in [6.45, 7) is 0. The molecule has 1 aliphatic heterocycles. The summed E-state index contributed by atoms with van der Waals surface area (Å²) in [5, 5.41) is 3.32. The normalized spacial score (nSPS) is 16.1. The van der Waals surface area contributed by atoms with Gasteiger partial charge in [-0.15, -0.1) is 11.8 Å². The predicted octanol–water partition coefficient (Wildman–Crippen LogP) is 5.17. The van der Waals surface area contributed by atoms with Crippen molar-refractivity contribution in [2.75, 3.05) is 5.75 Å². The molecule has 26 heavy (non-hydrogen) atoms. The zero-order chi connectivity index (χ0) is 17.8. The van der Waals surface area contributed by atoms with E-state index in [0.29, 0.717) is 0 Å². The molecule has 1 atom stereocenters. The third kappa shape index (κ3) is 3.54. The lowest BCUT2D eigenvalue weighted by Gasteiger charge is -2.28. The third-order valence-corrected chi connectivity index (χ3v) is 5.93. The summed E-state index contributed by atoms with van der Waals surface area (Å²) in [5.41, 5.74) is 3.28. The second-order valence-corrected chi connectivity index (χ2v) is 7.63. The van der Waals surface area contributed by atoms with Crippen molar-refractivity contribution in [3.05, 3.63) is 102 Å². The summed E-state index contributed by atoms with van der Waals surface area (Å²) >= 11 is 1.87. The van der Waals surface area contributed by atoms with Crippen molar-refractivity contribution in [2.45, 2.75) is 23.3 Å². The Bertz CT molecular complexity index is 839. The van der Waals surface area contributed by atoms with E-state index in [-0.39, 0.29) is 17.9 Å². The predicted molar refractivity (Wildman–Crippen MR) is 107 cm³/mol. The van der Waals surface area contributed by atoms with Gasteiger partial charge < -0.3 is 5.32 Å². The van der Waals surface area contributed by atoms with Crippen LogP contribution in [0.1, 0.15) is 35.1 Å². The highest BCUT2D eigenvalue weighted by molar-refractivity contribution is 7.99. The largest absolute Gasteiger partial charge is 0.348 e. The van der Waals surface area contributed by atoms with Gasteiger partial charge in [-0.2, -0.15) is 0 Å². The van der Waals surface area contributed by atoms with Gasteiger partial charge in [0.1, 0.15) is 0 Å². The Balaban J connectivity index is 1.64. The van der Waals surface area contributed by atoms with Crippen LogP contribution in [0.2, 0.25) is 0 Å². The Labute approximate surface area is 158 Å². The van der Waals surface area contributed by atoms with Crippen LogP contribution >= 0.6 is 11.8 Å². The molecule has 1 unspecified atom stereocenters. The number of rotatable bonds is 4. The number of amides is 1. The van der Waals surface area contributed by atoms with Gasteiger partial charge in [-0.05, 0) is 29.2 Å². The highest BCUT2D eigenvalue weighted by atomic mass is 32.2. The zero-order valence-corrected chi connectivity index (χ0v) is 15.3. The van der Waals surface area contributed by atoms with E-state index in [1.165, 1.54) is 10.5 Å². The van der Waals surface area contributed by atoms with E-state index < -0.39 is 0 Å². The van der Waals surface area contributed by atoms with E-state index in [2.05, 4.69) is 29.6 Å². The van der Waals surface area contributed by atoms with Crippen LogP contribution in [0, 0.1) is 0 Å². The van der Waals surface area contributed by atoms with Crippen molar-refractivity contribution in [2.24, 2.45) is 0 Å². The maximum atomic E-state index is 13.3. The first-order chi connectivity index (χ1) is 12.8. The van der Waals surface area contributed by atoms with Gasteiger partial charge in [-0.3, -0.25) is 4.79 Å². The zero-order valence-electron chi connectivity index (χ0n) is 14.5. The smallest absolute Gasteiger partial charge is 0.232 e. The average molecular weight is 359 g/mol. The van der Waals surface area contributed by atoms with E-state index in [0.717, 1.165) is 23.3 Å². The first kappa shape index (κ1) is 16.9. The maximum Gasteiger partial charge on any atom is 0.232 e. The van der Waals surface area contributed by atoms with Gasteiger partial charge in [0.15, 0.2) is 0 Å². The first-order valence-corrected chi connectivity index (χ1v) is 9.93. The van der Waals surface area contributed by atoms with E-state index in [1.54, 1.807) is 0 Å². The molecule has 3 aromatic rings. The lowest BCUT2D eigenvalue weighted by Crippen LogP contribution is -2.35. The number of nitrogens with one attached hydrogen (secondary N) is 1. The summed E-state index contributed by atoms with van der Waals surface area (Å²) in [5.74, 6) is 0.803. The summed E-state index contributed by atoms with van der Waals surface area (Å²) in [7, 11) is 0. The van der Waals surface area contributed by atoms with Gasteiger partial charge in [-0.1, -0.05) is 78.9 Å². The summed E-state index contributed by atoms with van der Waals surface area (Å²) < 4.78 is 0. The number of hydrogen-bond acceptors (Lipinski definition) is 2. The summed E-state index contributed by atoms with van der Waals surface area (Å²) in [6.07, 6.45) is 0.962. The summed E-state index contributed by atoms with van der Waals surface area (Å²) in [4.78, 5) is 14.6. The highest BCUT2D eigenvalue weighted by Gasteiger charge is 2.27. The second-order valence-electron chi connectivity index (χ2n) is 6.49. The number of carbonyl (C=O) groups is 1. The van der Waals surface area contributed by atoms with Gasteiger partial charge in [0.25, 0.3) is 0 Å². The number of benzene rings is 3. The lowest BCUT2D eigenvalue weighted by atomic mass is 9.90. The Hall–Kier alpha value is -2.52. The second kappa shape index (κ2) is 7.79. The Morgan fingerprint density at radius 3 is 2.08 bits per heavy atom. The van der Waals surface area contributed by atoms with Crippen LogP contribution in [0.3, 0.4) is 0 Å². The molecule has 3 heteroatoms. The quantitative estimate of drug-likeness (QED) is 0.696. The van der Waals surface area contributed by atoms with Gasteiger partial charge in [-0.25, -0.2) is 0 Å². The van der Waals surface area contributed by atoms with Crippen molar-refractivity contribution < 1.29 is 4.79 Å². The van der Waals surface area contributed by atoms with Crippen LogP contribution in [-0.4, -0.2) is 11.7 Å². The Morgan fingerprint density at radius 2 is 1.42 bits per heavy atom. The van der Waals surface area contributed by atoms with Gasteiger partial charge in [0, 0.05) is 10.6 Å². The molecule has 1 amide bonds. The highest BCUT2D eigenvalue weighted by Crippen LogP contribution is 2.36. The van der Waals surface area contributed by atoms with Gasteiger partial charge in [0.05, 0.1) is 12.0 Å². The Kier molecular flexibility index (Phi) is 5.07. The number of thioether (sulfide) groups is 1. The molecular weight excluding hydrogens is 338 g/mol. The number of carbonyl (C=O) groups excluding carboxylic acids is 1. The van der Waals surface area contributed by atoms with Crippen LogP contribution in [0.4, 0.5) is 0 Å². The summed E-state index contributed by atoms with van der Waals surface area (Å²) in [6, 6.07) is 28.5. The van der Waals surface area contributed by atoms with Crippen molar-refractivity contribution in [1.82, 2.24) is 5.32 Å². The molecule has 0 saturated heterocycles. The van der Waals surface area contributed by atoms with Gasteiger partial charge in [0.2, 0.25) is 5.91 Å². The molecule has 1 heterocycles. The number of hydrogen-bond donors (Lipinski definition) is 1. The molecular formula is C23H21NOS. The fraction of sp³-hybridized carbons (Fsp3) is 0.174. The molecule has 0 radical (unpaired) electrons. The molecule has 0 aromatic heterocycles. The van der Waals surface area contributed by atoms with Crippen LogP contribution in [0.25, 0.3) is 0 Å². The first-order valence-electron chi connectivity index (χ1n) is 8.95. The molecule has 1 N–H and O–H groups in total. The van der Waals surface area contributed by atoms with Crippen LogP contribution in [0.5, 0.6) is 0 Å². The van der Waals surface area contributed by atoms with Crippen molar-refractivity contribution in [3.63, 3.8) is 0 Å². The van der Waals surface area contributed by atoms with Gasteiger partial charge >= 0.3 is 0 Å². The van der Waals surface area contributed by atoms with E-state index >= 15 is 0 Å². The molecule has 0 spiro atoms. The van der Waals surface area contributed by atoms with Crippen molar-refractivity contribution in [1.29, 1.82) is 0 Å². The van der Waals surface area contributed by atoms with E-state index in [9.17, 15) is 4.79 Å². The Morgan fingerprint density at radius 1 is 0.846 bits per heavy atom. The van der Waals surface area contributed by atoms with Crippen LogP contribution in [-0.2, 0) is 4.79 Å². The van der Waals surface area contributed by atoms with Crippen molar-refractivity contribution in [3.8, 4) is 0 Å². The fourth-order valence-electron chi connectivity index (χ4n) is 3.53. The molecule has 0 bridgehead atoms.